The van der Waals surface area contributed by atoms with E-state index in [0.29, 0.717) is 17.5 Å². The lowest BCUT2D eigenvalue weighted by molar-refractivity contribution is 0.669. The molecule has 0 saturated heterocycles. The lowest BCUT2D eigenvalue weighted by Gasteiger charge is -2.10. The molecule has 0 unspecified atom stereocenters. The van der Waals surface area contributed by atoms with Crippen LogP contribution in [0, 0.1) is 0 Å². The van der Waals surface area contributed by atoms with Crippen LogP contribution in [0.15, 0.2) is 191 Å². The van der Waals surface area contributed by atoms with Crippen molar-refractivity contribution >= 4 is 65.7 Å². The van der Waals surface area contributed by atoms with Crippen molar-refractivity contribution in [2.45, 2.75) is 0 Å². The van der Waals surface area contributed by atoms with Crippen molar-refractivity contribution < 1.29 is 8.83 Å². The Morgan fingerprint density at radius 3 is 1.75 bits per heavy atom. The number of hydrogen-bond acceptors (Lipinski definition) is 5. The summed E-state index contributed by atoms with van der Waals surface area (Å²) in [7, 11) is 0. The van der Waals surface area contributed by atoms with E-state index < -0.39 is 0 Å². The van der Waals surface area contributed by atoms with E-state index in [9.17, 15) is 0 Å². The second-order valence-corrected chi connectivity index (χ2v) is 14.4. The van der Waals surface area contributed by atoms with Gasteiger partial charge in [-0.15, -0.1) is 0 Å². The van der Waals surface area contributed by atoms with E-state index in [2.05, 4.69) is 144 Å². The molecule has 4 heterocycles. The Morgan fingerprint density at radius 2 is 0.930 bits per heavy atom. The molecule has 57 heavy (non-hydrogen) atoms. The van der Waals surface area contributed by atoms with Gasteiger partial charge in [0.2, 0.25) is 0 Å². The summed E-state index contributed by atoms with van der Waals surface area (Å²) < 4.78 is 15.3. The maximum absolute atomic E-state index is 6.86. The second kappa shape index (κ2) is 12.3. The van der Waals surface area contributed by atoms with Crippen molar-refractivity contribution in [1.82, 2.24) is 19.5 Å². The number of aromatic nitrogens is 4. The summed E-state index contributed by atoms with van der Waals surface area (Å²) in [6.07, 6.45) is 0. The average molecular weight is 731 g/mol. The number of para-hydroxylation sites is 3. The number of nitrogens with zero attached hydrogens (tertiary/aromatic N) is 4. The van der Waals surface area contributed by atoms with Gasteiger partial charge in [-0.25, -0.2) is 15.0 Å². The summed E-state index contributed by atoms with van der Waals surface area (Å²) in [5, 5.41) is 6.41. The van der Waals surface area contributed by atoms with Crippen molar-refractivity contribution in [3.63, 3.8) is 0 Å². The molecule has 0 amide bonds. The molecule has 0 spiro atoms. The number of hydrogen-bond donors (Lipinski definition) is 0. The predicted molar refractivity (Wildman–Crippen MR) is 230 cm³/mol. The molecule has 6 nitrogen and oxygen atoms in total. The molecule has 0 aliphatic carbocycles. The molecule has 8 aromatic carbocycles. The fourth-order valence-corrected chi connectivity index (χ4v) is 8.38. The van der Waals surface area contributed by atoms with E-state index >= 15 is 0 Å². The monoisotopic (exact) mass is 730 g/mol. The van der Waals surface area contributed by atoms with Crippen LogP contribution in [0.3, 0.4) is 0 Å². The highest BCUT2D eigenvalue weighted by Gasteiger charge is 2.20. The maximum Gasteiger partial charge on any atom is 0.164 e. The first kappa shape index (κ1) is 31.5. The summed E-state index contributed by atoms with van der Waals surface area (Å²) in [5.74, 6) is 1.72. The van der Waals surface area contributed by atoms with Crippen LogP contribution in [-0.4, -0.2) is 19.5 Å². The molecule has 0 N–H and O–H groups in total. The molecular weight excluding hydrogens is 701 g/mol. The van der Waals surface area contributed by atoms with Gasteiger partial charge >= 0.3 is 0 Å². The first-order valence-corrected chi connectivity index (χ1v) is 19.0. The smallest absolute Gasteiger partial charge is 0.164 e. The van der Waals surface area contributed by atoms with Crippen LogP contribution in [0.2, 0.25) is 0 Å². The third-order valence-corrected chi connectivity index (χ3v) is 11.0. The molecule has 12 aromatic rings. The molecule has 0 radical (unpaired) electrons. The number of benzene rings is 8. The molecule has 0 aliphatic heterocycles. The molecule has 12 rings (SSSR count). The number of furan rings is 2. The lowest BCUT2D eigenvalue weighted by Crippen LogP contribution is -2.00. The highest BCUT2D eigenvalue weighted by atomic mass is 16.3. The summed E-state index contributed by atoms with van der Waals surface area (Å²) in [5.41, 5.74) is 11.5. The van der Waals surface area contributed by atoms with Gasteiger partial charge in [-0.3, -0.25) is 0 Å². The topological polar surface area (TPSA) is 69.9 Å². The van der Waals surface area contributed by atoms with Crippen molar-refractivity contribution in [2.75, 3.05) is 0 Å². The van der Waals surface area contributed by atoms with E-state index in [1.807, 2.05) is 42.5 Å². The fraction of sp³-hybridized carbons (Fsp3) is 0. The van der Waals surface area contributed by atoms with Gasteiger partial charge in [0.15, 0.2) is 17.5 Å². The minimum absolute atomic E-state index is 0.561. The SMILES string of the molecule is c1ccc(-c2cccc(-c3nc(-c4ccc5c(c4)oc4c5ccc5c4c4ccccc4n5-c4ccccc4)nc(-c4ccc5oc6ccccc6c5c4)n3)c2)cc1. The van der Waals surface area contributed by atoms with Crippen LogP contribution in [0.4, 0.5) is 0 Å². The molecule has 0 fully saturated rings. The number of fused-ring (bicyclic) bond motifs is 10. The molecular formula is C51H30N4O2. The van der Waals surface area contributed by atoms with Crippen molar-refractivity contribution in [3.8, 4) is 51.0 Å². The third kappa shape index (κ3) is 5.01. The zero-order chi connectivity index (χ0) is 37.5. The van der Waals surface area contributed by atoms with Gasteiger partial charge in [0, 0.05) is 49.3 Å². The van der Waals surface area contributed by atoms with Gasteiger partial charge in [0.05, 0.1) is 16.4 Å². The largest absolute Gasteiger partial charge is 0.456 e. The normalized spacial score (nSPS) is 11.9. The van der Waals surface area contributed by atoms with Crippen LogP contribution < -0.4 is 0 Å². The molecule has 6 heteroatoms. The first-order chi connectivity index (χ1) is 28.2. The second-order valence-electron chi connectivity index (χ2n) is 14.4. The molecule has 0 saturated carbocycles. The van der Waals surface area contributed by atoms with E-state index in [4.69, 9.17) is 23.8 Å². The van der Waals surface area contributed by atoms with Crippen LogP contribution in [0.1, 0.15) is 0 Å². The Morgan fingerprint density at radius 1 is 0.333 bits per heavy atom. The highest BCUT2D eigenvalue weighted by molar-refractivity contribution is 6.24. The maximum atomic E-state index is 6.86. The summed E-state index contributed by atoms with van der Waals surface area (Å²) >= 11 is 0. The van der Waals surface area contributed by atoms with Gasteiger partial charge in [-0.05, 0) is 83.9 Å². The Balaban J connectivity index is 1.05. The van der Waals surface area contributed by atoms with E-state index in [1.54, 1.807) is 0 Å². The van der Waals surface area contributed by atoms with Gasteiger partial charge in [0.25, 0.3) is 0 Å². The first-order valence-electron chi connectivity index (χ1n) is 19.0. The lowest BCUT2D eigenvalue weighted by atomic mass is 10.0. The van der Waals surface area contributed by atoms with Gasteiger partial charge in [0.1, 0.15) is 22.3 Å². The zero-order valence-corrected chi connectivity index (χ0v) is 30.4. The minimum Gasteiger partial charge on any atom is -0.456 e. The average Bonchev–Trinajstić information content (AvgIpc) is 3.96. The van der Waals surface area contributed by atoms with Gasteiger partial charge < -0.3 is 13.4 Å². The van der Waals surface area contributed by atoms with Crippen LogP contribution in [-0.2, 0) is 0 Å². The van der Waals surface area contributed by atoms with Gasteiger partial charge in [-0.2, -0.15) is 0 Å². The van der Waals surface area contributed by atoms with Crippen LogP contribution in [0.25, 0.3) is 117 Å². The Bertz CT molecular complexity index is 3530. The van der Waals surface area contributed by atoms with E-state index in [1.165, 1.54) is 0 Å². The number of rotatable bonds is 5. The Hall–Kier alpha value is -7.83. The summed E-state index contributed by atoms with van der Waals surface area (Å²) in [6.45, 7) is 0. The third-order valence-electron chi connectivity index (χ3n) is 11.0. The standard InChI is InChI=1S/C51H30N4O2/c1-3-12-31(13-4-1)32-14-11-15-33(28-32)49-52-50(34-23-27-45-41(29-34)37-18-8-10-21-44(37)56-45)54-51(53-49)35-22-24-38-39-25-26-43-47(48(39)57-46(38)30-35)40-19-7-9-20-42(40)55(43)36-16-5-2-6-17-36/h1-30H. The Labute approximate surface area is 325 Å². The molecule has 0 aliphatic rings. The molecule has 0 bridgehead atoms. The summed E-state index contributed by atoms with van der Waals surface area (Å²) in [4.78, 5) is 15.4. The van der Waals surface area contributed by atoms with Crippen molar-refractivity contribution in [1.29, 1.82) is 0 Å². The van der Waals surface area contributed by atoms with Crippen molar-refractivity contribution in [3.05, 3.63) is 182 Å². The molecule has 266 valence electrons. The Kier molecular flexibility index (Phi) is 6.83. The highest BCUT2D eigenvalue weighted by Crippen LogP contribution is 2.41. The molecule has 4 aromatic heterocycles. The molecule has 0 atom stereocenters. The van der Waals surface area contributed by atoms with E-state index in [0.717, 1.165) is 99.2 Å². The fourth-order valence-electron chi connectivity index (χ4n) is 8.38. The van der Waals surface area contributed by atoms with E-state index in [-0.39, 0.29) is 0 Å². The quantitative estimate of drug-likeness (QED) is 0.176. The minimum atomic E-state index is 0.561. The van der Waals surface area contributed by atoms with Gasteiger partial charge in [-0.1, -0.05) is 109 Å². The zero-order valence-electron chi connectivity index (χ0n) is 30.4. The predicted octanol–water partition coefficient (Wildman–Crippen LogP) is 13.4. The van der Waals surface area contributed by atoms with Crippen molar-refractivity contribution in [2.24, 2.45) is 0 Å². The van der Waals surface area contributed by atoms with Crippen LogP contribution >= 0.6 is 0 Å². The van der Waals surface area contributed by atoms with Crippen LogP contribution in [0.5, 0.6) is 0 Å². The summed E-state index contributed by atoms with van der Waals surface area (Å²) in [6, 6.07) is 62.7.